The number of carbonyl (C=O) groups is 2. The molecule has 0 aliphatic heterocycles. The molecule has 0 saturated carbocycles. The molecule has 2 rings (SSSR count). The zero-order valence-electron chi connectivity index (χ0n) is 12.6. The molecule has 120 valence electrons. The number of benzene rings is 2. The van der Waals surface area contributed by atoms with E-state index in [4.69, 9.17) is 0 Å². The van der Waals surface area contributed by atoms with Crippen LogP contribution in [0.4, 0.5) is 10.1 Å². The van der Waals surface area contributed by atoms with Gasteiger partial charge in [-0.2, -0.15) is 0 Å². The third-order valence-electron chi connectivity index (χ3n) is 3.23. The van der Waals surface area contributed by atoms with E-state index in [-0.39, 0.29) is 23.9 Å². The lowest BCUT2D eigenvalue weighted by molar-refractivity contribution is -0.116. The van der Waals surface area contributed by atoms with Gasteiger partial charge in [0.2, 0.25) is 5.91 Å². The van der Waals surface area contributed by atoms with Gasteiger partial charge in [-0.15, -0.1) is 0 Å². The van der Waals surface area contributed by atoms with E-state index >= 15 is 0 Å². The van der Waals surface area contributed by atoms with E-state index in [1.54, 1.807) is 4.90 Å². The van der Waals surface area contributed by atoms with Crippen LogP contribution in [-0.4, -0.2) is 24.9 Å². The molecule has 0 heterocycles. The SMILES string of the molecule is CC(=O)N(CCNC(=O)c1cccc(F)c1)c1ccc(Br)cc1. The maximum atomic E-state index is 13.1. The number of nitrogens with zero attached hydrogens (tertiary/aromatic N) is 1. The van der Waals surface area contributed by atoms with Crippen LogP contribution < -0.4 is 10.2 Å². The van der Waals surface area contributed by atoms with Gasteiger partial charge >= 0.3 is 0 Å². The van der Waals surface area contributed by atoms with Crippen molar-refractivity contribution in [2.45, 2.75) is 6.92 Å². The summed E-state index contributed by atoms with van der Waals surface area (Å²) in [6, 6.07) is 12.8. The Bertz CT molecular complexity index is 704. The fourth-order valence-electron chi connectivity index (χ4n) is 2.10. The summed E-state index contributed by atoms with van der Waals surface area (Å²) >= 11 is 3.34. The summed E-state index contributed by atoms with van der Waals surface area (Å²) in [4.78, 5) is 25.3. The molecule has 0 aromatic heterocycles. The molecule has 0 bridgehead atoms. The average Bonchev–Trinajstić information content (AvgIpc) is 2.52. The molecule has 0 spiro atoms. The third kappa shape index (κ3) is 4.89. The summed E-state index contributed by atoms with van der Waals surface area (Å²) < 4.78 is 14.0. The standard InChI is InChI=1S/C17H16BrFN2O2/c1-12(22)21(16-7-5-14(18)6-8-16)10-9-20-17(23)13-3-2-4-15(19)11-13/h2-8,11H,9-10H2,1H3,(H,20,23). The molecule has 4 nitrogen and oxygen atoms in total. The second kappa shape index (κ2) is 7.87. The first kappa shape index (κ1) is 17.1. The topological polar surface area (TPSA) is 49.4 Å². The predicted molar refractivity (Wildman–Crippen MR) is 90.9 cm³/mol. The molecule has 0 aliphatic rings. The van der Waals surface area contributed by atoms with Gasteiger partial charge in [0.15, 0.2) is 0 Å². The predicted octanol–water partition coefficient (Wildman–Crippen LogP) is 3.37. The summed E-state index contributed by atoms with van der Waals surface area (Å²) in [6.45, 7) is 2.07. The largest absolute Gasteiger partial charge is 0.350 e. The smallest absolute Gasteiger partial charge is 0.251 e. The van der Waals surface area contributed by atoms with Crippen molar-refractivity contribution in [3.8, 4) is 0 Å². The van der Waals surface area contributed by atoms with Crippen LogP contribution >= 0.6 is 15.9 Å². The Kier molecular flexibility index (Phi) is 5.87. The first-order chi connectivity index (χ1) is 11.0. The fourth-order valence-corrected chi connectivity index (χ4v) is 2.37. The molecule has 0 radical (unpaired) electrons. The van der Waals surface area contributed by atoms with Crippen LogP contribution in [0.3, 0.4) is 0 Å². The van der Waals surface area contributed by atoms with Crippen molar-refractivity contribution in [1.29, 1.82) is 0 Å². The Morgan fingerprint density at radius 2 is 1.87 bits per heavy atom. The van der Waals surface area contributed by atoms with Crippen molar-refractivity contribution in [1.82, 2.24) is 5.32 Å². The highest BCUT2D eigenvalue weighted by molar-refractivity contribution is 9.10. The lowest BCUT2D eigenvalue weighted by Gasteiger charge is -2.21. The number of anilines is 1. The fraction of sp³-hybridized carbons (Fsp3) is 0.176. The van der Waals surface area contributed by atoms with Crippen LogP contribution in [0.15, 0.2) is 53.0 Å². The summed E-state index contributed by atoms with van der Waals surface area (Å²) in [5, 5.41) is 2.68. The first-order valence-corrected chi connectivity index (χ1v) is 7.84. The normalized spacial score (nSPS) is 10.2. The van der Waals surface area contributed by atoms with E-state index in [2.05, 4.69) is 21.2 Å². The van der Waals surface area contributed by atoms with Crippen molar-refractivity contribution in [2.24, 2.45) is 0 Å². The third-order valence-corrected chi connectivity index (χ3v) is 3.75. The number of amides is 2. The van der Waals surface area contributed by atoms with Crippen LogP contribution in [0.2, 0.25) is 0 Å². The van der Waals surface area contributed by atoms with Crippen LogP contribution in [0.1, 0.15) is 17.3 Å². The molecule has 0 unspecified atom stereocenters. The molecule has 0 saturated heterocycles. The lowest BCUT2D eigenvalue weighted by Crippen LogP contribution is -2.37. The first-order valence-electron chi connectivity index (χ1n) is 7.05. The molecule has 2 aromatic rings. The Hall–Kier alpha value is -2.21. The Labute approximate surface area is 142 Å². The minimum Gasteiger partial charge on any atom is -0.350 e. The van der Waals surface area contributed by atoms with Crippen molar-refractivity contribution in [3.63, 3.8) is 0 Å². The number of carbonyl (C=O) groups excluding carboxylic acids is 2. The molecule has 2 amide bonds. The van der Waals surface area contributed by atoms with E-state index < -0.39 is 5.82 Å². The van der Waals surface area contributed by atoms with Gasteiger partial charge in [0, 0.05) is 35.7 Å². The Morgan fingerprint density at radius 3 is 2.48 bits per heavy atom. The maximum absolute atomic E-state index is 13.1. The van der Waals surface area contributed by atoms with Crippen molar-refractivity contribution in [3.05, 3.63) is 64.4 Å². The van der Waals surface area contributed by atoms with E-state index in [1.807, 2.05) is 24.3 Å². The number of nitrogens with one attached hydrogen (secondary N) is 1. The van der Waals surface area contributed by atoms with Gasteiger partial charge in [0.05, 0.1) is 0 Å². The van der Waals surface area contributed by atoms with Gasteiger partial charge in [-0.1, -0.05) is 22.0 Å². The van der Waals surface area contributed by atoms with E-state index in [0.29, 0.717) is 6.54 Å². The highest BCUT2D eigenvalue weighted by Crippen LogP contribution is 2.18. The lowest BCUT2D eigenvalue weighted by atomic mass is 10.2. The molecule has 6 heteroatoms. The second-order valence-electron chi connectivity index (χ2n) is 4.91. The summed E-state index contributed by atoms with van der Waals surface area (Å²) in [6.07, 6.45) is 0. The van der Waals surface area contributed by atoms with E-state index in [1.165, 1.54) is 31.2 Å². The highest BCUT2D eigenvalue weighted by atomic mass is 79.9. The van der Waals surface area contributed by atoms with Crippen LogP contribution in [-0.2, 0) is 4.79 Å². The van der Waals surface area contributed by atoms with Crippen LogP contribution in [0.5, 0.6) is 0 Å². The minimum atomic E-state index is -0.460. The summed E-state index contributed by atoms with van der Waals surface area (Å²) in [7, 11) is 0. The molecule has 1 N–H and O–H groups in total. The molecule has 23 heavy (non-hydrogen) atoms. The second-order valence-corrected chi connectivity index (χ2v) is 5.83. The van der Waals surface area contributed by atoms with Gasteiger partial charge in [-0.05, 0) is 42.5 Å². The Morgan fingerprint density at radius 1 is 1.17 bits per heavy atom. The average molecular weight is 379 g/mol. The van der Waals surface area contributed by atoms with Gasteiger partial charge < -0.3 is 10.2 Å². The zero-order chi connectivity index (χ0) is 16.8. The van der Waals surface area contributed by atoms with Crippen molar-refractivity contribution < 1.29 is 14.0 Å². The monoisotopic (exact) mass is 378 g/mol. The summed E-state index contributed by atoms with van der Waals surface area (Å²) in [5.74, 6) is -0.950. The molecule has 0 atom stereocenters. The number of hydrogen-bond acceptors (Lipinski definition) is 2. The number of hydrogen-bond donors (Lipinski definition) is 1. The maximum Gasteiger partial charge on any atom is 0.251 e. The Balaban J connectivity index is 1.96. The van der Waals surface area contributed by atoms with Gasteiger partial charge in [0.25, 0.3) is 5.91 Å². The van der Waals surface area contributed by atoms with Crippen molar-refractivity contribution in [2.75, 3.05) is 18.0 Å². The number of rotatable bonds is 5. The van der Waals surface area contributed by atoms with E-state index in [0.717, 1.165) is 10.2 Å². The number of halogens is 2. The quantitative estimate of drug-likeness (QED) is 0.866. The van der Waals surface area contributed by atoms with Gasteiger partial charge in [-0.3, -0.25) is 9.59 Å². The molecule has 0 aliphatic carbocycles. The highest BCUT2D eigenvalue weighted by Gasteiger charge is 2.12. The van der Waals surface area contributed by atoms with E-state index in [9.17, 15) is 14.0 Å². The molecule has 2 aromatic carbocycles. The van der Waals surface area contributed by atoms with Crippen molar-refractivity contribution >= 4 is 33.4 Å². The molecular formula is C17H16BrFN2O2. The van der Waals surface area contributed by atoms with Gasteiger partial charge in [0.1, 0.15) is 5.82 Å². The van der Waals surface area contributed by atoms with Crippen LogP contribution in [0.25, 0.3) is 0 Å². The molecule has 0 fully saturated rings. The zero-order valence-corrected chi connectivity index (χ0v) is 14.1. The van der Waals surface area contributed by atoms with Gasteiger partial charge in [-0.25, -0.2) is 4.39 Å². The van der Waals surface area contributed by atoms with Crippen LogP contribution in [0, 0.1) is 5.82 Å². The summed E-state index contributed by atoms with van der Waals surface area (Å²) in [5.41, 5.74) is 1.00. The minimum absolute atomic E-state index is 0.118. The molecular weight excluding hydrogens is 363 g/mol.